The maximum absolute atomic E-state index is 12.1. The minimum Gasteiger partial charge on any atom is -0.322 e. The smallest absolute Gasteiger partial charge is 0.271 e. The van der Waals surface area contributed by atoms with Crippen LogP contribution >= 0.6 is 15.9 Å². The average Bonchev–Trinajstić information content (AvgIpc) is 2.70. The largest absolute Gasteiger partial charge is 0.322 e. The normalized spacial score (nSPS) is 10.6. The first-order valence-electron chi connectivity index (χ1n) is 8.17. The summed E-state index contributed by atoms with van der Waals surface area (Å²) < 4.78 is 0.975. The van der Waals surface area contributed by atoms with Gasteiger partial charge in [-0.1, -0.05) is 46.3 Å². The van der Waals surface area contributed by atoms with Crippen molar-refractivity contribution in [3.63, 3.8) is 0 Å². The lowest BCUT2D eigenvalue weighted by Gasteiger charge is -2.06. The van der Waals surface area contributed by atoms with Crippen LogP contribution in [-0.2, 0) is 0 Å². The van der Waals surface area contributed by atoms with Gasteiger partial charge in [-0.25, -0.2) is 5.43 Å². The van der Waals surface area contributed by atoms with Crippen LogP contribution in [0.4, 0.5) is 5.69 Å². The highest BCUT2D eigenvalue weighted by Crippen LogP contribution is 2.12. The van der Waals surface area contributed by atoms with E-state index in [2.05, 4.69) is 31.8 Å². The Morgan fingerprint density at radius 3 is 2.07 bits per heavy atom. The predicted molar refractivity (Wildman–Crippen MR) is 110 cm³/mol. The number of rotatable bonds is 5. The highest BCUT2D eigenvalue weighted by Gasteiger charge is 2.07. The van der Waals surface area contributed by atoms with E-state index >= 15 is 0 Å². The highest BCUT2D eigenvalue weighted by atomic mass is 79.9. The Balaban J connectivity index is 1.57. The summed E-state index contributed by atoms with van der Waals surface area (Å²) in [6.07, 6.45) is 1.57. The summed E-state index contributed by atoms with van der Waals surface area (Å²) in [7, 11) is 0. The van der Waals surface area contributed by atoms with Crippen molar-refractivity contribution in [2.24, 2.45) is 5.10 Å². The van der Waals surface area contributed by atoms with Crippen LogP contribution in [0.1, 0.15) is 26.3 Å². The van der Waals surface area contributed by atoms with Gasteiger partial charge in [0.1, 0.15) is 0 Å². The molecule has 0 radical (unpaired) electrons. The topological polar surface area (TPSA) is 70.6 Å². The number of hydrazone groups is 1. The summed E-state index contributed by atoms with van der Waals surface area (Å²) in [6.45, 7) is 0. The number of halogens is 1. The molecule has 3 rings (SSSR count). The monoisotopic (exact) mass is 421 g/mol. The van der Waals surface area contributed by atoms with E-state index in [1.165, 1.54) is 0 Å². The number of benzene rings is 3. The van der Waals surface area contributed by atoms with Crippen LogP contribution in [0, 0.1) is 0 Å². The zero-order valence-corrected chi connectivity index (χ0v) is 15.8. The van der Waals surface area contributed by atoms with Crippen molar-refractivity contribution < 1.29 is 9.59 Å². The fraction of sp³-hybridized carbons (Fsp3) is 0. The molecule has 2 N–H and O–H groups in total. The molecule has 134 valence electrons. The van der Waals surface area contributed by atoms with Gasteiger partial charge in [-0.3, -0.25) is 9.59 Å². The van der Waals surface area contributed by atoms with E-state index < -0.39 is 0 Å². The van der Waals surface area contributed by atoms with E-state index in [-0.39, 0.29) is 11.8 Å². The Hall–Kier alpha value is -3.25. The molecule has 0 aliphatic rings. The molecule has 0 spiro atoms. The second-order valence-corrected chi connectivity index (χ2v) is 6.56. The van der Waals surface area contributed by atoms with Crippen LogP contribution in [0.2, 0.25) is 0 Å². The molecule has 0 saturated heterocycles. The molecule has 2 amide bonds. The van der Waals surface area contributed by atoms with Crippen molar-refractivity contribution in [3.05, 3.63) is 100 Å². The number of nitrogens with zero attached hydrogens (tertiary/aromatic N) is 1. The third kappa shape index (κ3) is 5.36. The molecule has 6 heteroatoms. The standard InChI is InChI=1S/C21H16BrN3O2/c22-18-10-6-15(7-11-18)14-23-25-21(27)17-8-12-19(13-9-17)24-20(26)16-4-2-1-3-5-16/h1-14H,(H,24,26)(H,25,27). The van der Waals surface area contributed by atoms with Crippen molar-refractivity contribution >= 4 is 39.6 Å². The molecule has 0 bridgehead atoms. The molecule has 0 fully saturated rings. The second-order valence-electron chi connectivity index (χ2n) is 5.65. The molecule has 3 aromatic carbocycles. The van der Waals surface area contributed by atoms with Gasteiger partial charge in [-0.05, 0) is 54.1 Å². The van der Waals surface area contributed by atoms with E-state index in [0.717, 1.165) is 10.0 Å². The number of hydrogen-bond donors (Lipinski definition) is 2. The van der Waals surface area contributed by atoms with E-state index in [9.17, 15) is 9.59 Å². The van der Waals surface area contributed by atoms with Crippen molar-refractivity contribution in [1.29, 1.82) is 0 Å². The van der Waals surface area contributed by atoms with Gasteiger partial charge in [-0.15, -0.1) is 0 Å². The number of carbonyl (C=O) groups is 2. The van der Waals surface area contributed by atoms with Crippen LogP contribution in [0.25, 0.3) is 0 Å². The molecule has 0 aliphatic carbocycles. The lowest BCUT2D eigenvalue weighted by Crippen LogP contribution is -2.17. The maximum atomic E-state index is 12.1. The zero-order chi connectivity index (χ0) is 19.1. The molecule has 27 heavy (non-hydrogen) atoms. The van der Waals surface area contributed by atoms with E-state index in [1.54, 1.807) is 54.7 Å². The van der Waals surface area contributed by atoms with Gasteiger partial charge in [0.05, 0.1) is 6.21 Å². The number of anilines is 1. The van der Waals surface area contributed by atoms with E-state index in [1.807, 2.05) is 30.3 Å². The van der Waals surface area contributed by atoms with Gasteiger partial charge in [0.15, 0.2) is 0 Å². The van der Waals surface area contributed by atoms with Crippen molar-refractivity contribution in [2.75, 3.05) is 5.32 Å². The Morgan fingerprint density at radius 2 is 1.41 bits per heavy atom. The highest BCUT2D eigenvalue weighted by molar-refractivity contribution is 9.10. The van der Waals surface area contributed by atoms with E-state index in [0.29, 0.717) is 16.8 Å². The van der Waals surface area contributed by atoms with E-state index in [4.69, 9.17) is 0 Å². The molecule has 0 atom stereocenters. The summed E-state index contributed by atoms with van der Waals surface area (Å²) in [6, 6.07) is 23.1. The van der Waals surface area contributed by atoms with Crippen LogP contribution in [0.15, 0.2) is 88.4 Å². The fourth-order valence-corrected chi connectivity index (χ4v) is 2.54. The quantitative estimate of drug-likeness (QED) is 0.471. The molecule has 0 aliphatic heterocycles. The van der Waals surface area contributed by atoms with Gasteiger partial charge in [0.25, 0.3) is 11.8 Å². The number of carbonyl (C=O) groups excluding carboxylic acids is 2. The van der Waals surface area contributed by atoms with Gasteiger partial charge in [0.2, 0.25) is 0 Å². The van der Waals surface area contributed by atoms with Crippen molar-refractivity contribution in [2.45, 2.75) is 0 Å². The molecule has 0 heterocycles. The Labute approximate surface area is 165 Å². The predicted octanol–water partition coefficient (Wildman–Crippen LogP) is 4.47. The zero-order valence-electron chi connectivity index (χ0n) is 14.2. The summed E-state index contributed by atoms with van der Waals surface area (Å²) in [5, 5.41) is 6.74. The van der Waals surface area contributed by atoms with Crippen LogP contribution in [0.3, 0.4) is 0 Å². The number of amides is 2. The van der Waals surface area contributed by atoms with Crippen molar-refractivity contribution in [1.82, 2.24) is 5.43 Å². The molecule has 5 nitrogen and oxygen atoms in total. The molecule has 3 aromatic rings. The molecule has 0 saturated carbocycles. The SMILES string of the molecule is O=C(NN=Cc1ccc(Br)cc1)c1ccc(NC(=O)c2ccccc2)cc1. The third-order valence-electron chi connectivity index (χ3n) is 3.69. The van der Waals surface area contributed by atoms with Crippen LogP contribution in [-0.4, -0.2) is 18.0 Å². The average molecular weight is 422 g/mol. The third-order valence-corrected chi connectivity index (χ3v) is 4.22. The number of nitrogens with one attached hydrogen (secondary N) is 2. The minimum atomic E-state index is -0.329. The molecular formula is C21H16BrN3O2. The van der Waals surface area contributed by atoms with Gasteiger partial charge < -0.3 is 5.32 Å². The van der Waals surface area contributed by atoms with Gasteiger partial charge in [-0.2, -0.15) is 5.10 Å². The summed E-state index contributed by atoms with van der Waals surface area (Å²) in [5.74, 6) is -0.531. The van der Waals surface area contributed by atoms with Crippen LogP contribution < -0.4 is 10.7 Å². The summed E-state index contributed by atoms with van der Waals surface area (Å²) >= 11 is 3.36. The first-order valence-corrected chi connectivity index (χ1v) is 8.96. The first-order chi connectivity index (χ1) is 13.1. The first kappa shape index (κ1) is 18.5. The molecule has 0 aromatic heterocycles. The number of hydrogen-bond acceptors (Lipinski definition) is 3. The van der Waals surface area contributed by atoms with Gasteiger partial charge >= 0.3 is 0 Å². The summed E-state index contributed by atoms with van der Waals surface area (Å²) in [5.41, 5.74) is 4.98. The second kappa shape index (κ2) is 8.91. The van der Waals surface area contributed by atoms with Crippen molar-refractivity contribution in [3.8, 4) is 0 Å². The lowest BCUT2D eigenvalue weighted by atomic mass is 10.1. The Kier molecular flexibility index (Phi) is 6.12. The molecular weight excluding hydrogens is 406 g/mol. The fourth-order valence-electron chi connectivity index (χ4n) is 2.28. The van der Waals surface area contributed by atoms with Gasteiger partial charge in [0, 0.05) is 21.3 Å². The minimum absolute atomic E-state index is 0.202. The molecule has 0 unspecified atom stereocenters. The maximum Gasteiger partial charge on any atom is 0.271 e. The summed E-state index contributed by atoms with van der Waals surface area (Å²) in [4.78, 5) is 24.2. The van der Waals surface area contributed by atoms with Crippen LogP contribution in [0.5, 0.6) is 0 Å². The lowest BCUT2D eigenvalue weighted by molar-refractivity contribution is 0.0954. The Bertz CT molecular complexity index is 953. The Morgan fingerprint density at radius 1 is 0.778 bits per heavy atom.